The molecule has 21 heavy (non-hydrogen) atoms. The molecule has 0 atom stereocenters. The first kappa shape index (κ1) is 16.2. The zero-order valence-electron chi connectivity index (χ0n) is 12.6. The van der Waals surface area contributed by atoms with E-state index < -0.39 is 15.6 Å². The fraction of sp³-hybridized carbons (Fsp3) is 0.571. The summed E-state index contributed by atoms with van der Waals surface area (Å²) in [5.74, 6) is 0.322. The number of ether oxygens (including phenoxy) is 2. The van der Waals surface area contributed by atoms with E-state index in [2.05, 4.69) is 0 Å². The van der Waals surface area contributed by atoms with Gasteiger partial charge in [-0.05, 0) is 31.5 Å². The molecule has 1 fully saturated rings. The predicted octanol–water partition coefficient (Wildman–Crippen LogP) is 0.953. The molecule has 1 aromatic rings. The Balaban J connectivity index is 2.39. The predicted molar refractivity (Wildman–Crippen MR) is 79.7 cm³/mol. The maximum atomic E-state index is 12.8. The van der Waals surface area contributed by atoms with Gasteiger partial charge in [0.1, 0.15) is 10.6 Å². The Bertz CT molecular complexity index is 613. The standard InChI is InChI=1S/C14H22N2O4S/c1-14(2)10-16(6-7-20-14)21(17,18)13-5-4-11(9-15)8-12(13)19-3/h4-5,8H,6-7,9-10,15H2,1-3H3. The van der Waals surface area contributed by atoms with Crippen LogP contribution in [0.3, 0.4) is 0 Å². The molecule has 118 valence electrons. The lowest BCUT2D eigenvalue weighted by Gasteiger charge is -2.37. The maximum Gasteiger partial charge on any atom is 0.246 e. The van der Waals surface area contributed by atoms with Crippen molar-refractivity contribution >= 4 is 10.0 Å². The molecule has 1 heterocycles. The van der Waals surface area contributed by atoms with Gasteiger partial charge in [0.2, 0.25) is 10.0 Å². The van der Waals surface area contributed by atoms with Crippen LogP contribution in [0.15, 0.2) is 23.1 Å². The maximum absolute atomic E-state index is 12.8. The summed E-state index contributed by atoms with van der Waals surface area (Å²) in [6.45, 7) is 5.13. The van der Waals surface area contributed by atoms with Crippen LogP contribution in [0.1, 0.15) is 19.4 Å². The SMILES string of the molecule is COc1cc(CN)ccc1S(=O)(=O)N1CCOC(C)(C)C1. The van der Waals surface area contributed by atoms with E-state index in [0.717, 1.165) is 5.56 Å². The fourth-order valence-corrected chi connectivity index (χ4v) is 4.08. The number of benzene rings is 1. The number of methoxy groups -OCH3 is 1. The summed E-state index contributed by atoms with van der Waals surface area (Å²) in [6, 6.07) is 4.93. The van der Waals surface area contributed by atoms with Gasteiger partial charge in [0.05, 0.1) is 19.3 Å². The van der Waals surface area contributed by atoms with Crippen molar-refractivity contribution in [3.63, 3.8) is 0 Å². The summed E-state index contributed by atoms with van der Waals surface area (Å²) >= 11 is 0. The van der Waals surface area contributed by atoms with Crippen molar-refractivity contribution in [2.75, 3.05) is 26.8 Å². The van der Waals surface area contributed by atoms with E-state index in [4.69, 9.17) is 15.2 Å². The lowest BCUT2D eigenvalue weighted by Crippen LogP contribution is -2.50. The van der Waals surface area contributed by atoms with Gasteiger partial charge < -0.3 is 15.2 Å². The van der Waals surface area contributed by atoms with Crippen molar-refractivity contribution in [1.82, 2.24) is 4.31 Å². The normalized spacial score (nSPS) is 19.4. The van der Waals surface area contributed by atoms with Gasteiger partial charge in [0, 0.05) is 19.6 Å². The first-order valence-electron chi connectivity index (χ1n) is 6.81. The fourth-order valence-electron chi connectivity index (χ4n) is 2.37. The summed E-state index contributed by atoms with van der Waals surface area (Å²) < 4.78 is 37.9. The third-order valence-corrected chi connectivity index (χ3v) is 5.36. The minimum atomic E-state index is -3.61. The summed E-state index contributed by atoms with van der Waals surface area (Å²) in [5.41, 5.74) is 5.92. The molecule has 0 aliphatic carbocycles. The monoisotopic (exact) mass is 314 g/mol. The van der Waals surface area contributed by atoms with Gasteiger partial charge in [-0.1, -0.05) is 6.07 Å². The molecule has 0 aromatic heterocycles. The topological polar surface area (TPSA) is 81.9 Å². The van der Waals surface area contributed by atoms with E-state index in [9.17, 15) is 8.42 Å². The molecule has 2 rings (SSSR count). The van der Waals surface area contributed by atoms with Crippen LogP contribution >= 0.6 is 0 Å². The highest BCUT2D eigenvalue weighted by atomic mass is 32.2. The Labute approximate surface area is 125 Å². The lowest BCUT2D eigenvalue weighted by molar-refractivity contribution is -0.0640. The number of nitrogens with two attached hydrogens (primary N) is 1. The summed E-state index contributed by atoms with van der Waals surface area (Å²) in [5, 5.41) is 0. The molecule has 0 unspecified atom stereocenters. The molecule has 7 heteroatoms. The largest absolute Gasteiger partial charge is 0.495 e. The second-order valence-electron chi connectivity index (χ2n) is 5.64. The highest BCUT2D eigenvalue weighted by molar-refractivity contribution is 7.89. The Hall–Kier alpha value is -1.15. The Morgan fingerprint density at radius 1 is 1.43 bits per heavy atom. The average molecular weight is 314 g/mol. The van der Waals surface area contributed by atoms with E-state index in [1.54, 1.807) is 18.2 Å². The van der Waals surface area contributed by atoms with Crippen molar-refractivity contribution < 1.29 is 17.9 Å². The third-order valence-electron chi connectivity index (χ3n) is 3.47. The van der Waals surface area contributed by atoms with Crippen LogP contribution < -0.4 is 10.5 Å². The van der Waals surface area contributed by atoms with E-state index >= 15 is 0 Å². The number of hydrogen-bond acceptors (Lipinski definition) is 5. The van der Waals surface area contributed by atoms with Crippen LogP contribution in [0.4, 0.5) is 0 Å². The molecule has 1 aliphatic heterocycles. The highest BCUT2D eigenvalue weighted by Crippen LogP contribution is 2.30. The quantitative estimate of drug-likeness (QED) is 0.895. The zero-order chi connectivity index (χ0) is 15.7. The molecule has 1 aliphatic rings. The summed E-state index contributed by atoms with van der Waals surface area (Å²) in [6.07, 6.45) is 0. The van der Waals surface area contributed by atoms with Crippen LogP contribution in [0, 0.1) is 0 Å². The molecule has 6 nitrogen and oxygen atoms in total. The average Bonchev–Trinajstić information content (AvgIpc) is 2.45. The van der Waals surface area contributed by atoms with E-state index in [0.29, 0.717) is 32.0 Å². The number of nitrogens with zero attached hydrogens (tertiary/aromatic N) is 1. The molecule has 0 saturated carbocycles. The van der Waals surface area contributed by atoms with Crippen LogP contribution in [0.25, 0.3) is 0 Å². The molecule has 0 bridgehead atoms. The van der Waals surface area contributed by atoms with Crippen molar-refractivity contribution in [3.05, 3.63) is 23.8 Å². The smallest absolute Gasteiger partial charge is 0.246 e. The van der Waals surface area contributed by atoms with Gasteiger partial charge in [-0.2, -0.15) is 4.31 Å². The minimum absolute atomic E-state index is 0.167. The second kappa shape index (κ2) is 5.92. The molecule has 0 spiro atoms. The number of rotatable bonds is 4. The van der Waals surface area contributed by atoms with Crippen LogP contribution in [-0.4, -0.2) is 45.1 Å². The number of sulfonamides is 1. The summed E-state index contributed by atoms with van der Waals surface area (Å²) in [4.78, 5) is 0.167. The molecule has 1 aromatic carbocycles. The van der Waals surface area contributed by atoms with Crippen molar-refractivity contribution in [2.45, 2.75) is 30.9 Å². The summed E-state index contributed by atoms with van der Waals surface area (Å²) in [7, 11) is -2.16. The van der Waals surface area contributed by atoms with Crippen molar-refractivity contribution in [1.29, 1.82) is 0 Å². The minimum Gasteiger partial charge on any atom is -0.495 e. The van der Waals surface area contributed by atoms with Gasteiger partial charge in [-0.25, -0.2) is 8.42 Å². The van der Waals surface area contributed by atoms with E-state index in [1.165, 1.54) is 11.4 Å². The van der Waals surface area contributed by atoms with Crippen LogP contribution in [-0.2, 0) is 21.3 Å². The molecule has 0 radical (unpaired) electrons. The number of hydrogen-bond donors (Lipinski definition) is 1. The first-order valence-corrected chi connectivity index (χ1v) is 8.25. The molecular formula is C14H22N2O4S. The third kappa shape index (κ3) is 3.37. The molecular weight excluding hydrogens is 292 g/mol. The first-order chi connectivity index (χ1) is 9.80. The van der Waals surface area contributed by atoms with Gasteiger partial charge in [0.25, 0.3) is 0 Å². The van der Waals surface area contributed by atoms with Crippen LogP contribution in [0.5, 0.6) is 5.75 Å². The van der Waals surface area contributed by atoms with Crippen molar-refractivity contribution in [2.24, 2.45) is 5.73 Å². The Morgan fingerprint density at radius 3 is 2.71 bits per heavy atom. The van der Waals surface area contributed by atoms with Crippen molar-refractivity contribution in [3.8, 4) is 5.75 Å². The highest BCUT2D eigenvalue weighted by Gasteiger charge is 2.36. The van der Waals surface area contributed by atoms with Gasteiger partial charge in [-0.3, -0.25) is 0 Å². The number of morpholine rings is 1. The molecule has 0 amide bonds. The van der Waals surface area contributed by atoms with Crippen LogP contribution in [0.2, 0.25) is 0 Å². The van der Waals surface area contributed by atoms with Gasteiger partial charge in [0.15, 0.2) is 0 Å². The van der Waals surface area contributed by atoms with Gasteiger partial charge >= 0.3 is 0 Å². The Kier molecular flexibility index (Phi) is 4.57. The van der Waals surface area contributed by atoms with E-state index in [-0.39, 0.29) is 4.90 Å². The van der Waals surface area contributed by atoms with Gasteiger partial charge in [-0.15, -0.1) is 0 Å². The van der Waals surface area contributed by atoms with E-state index in [1.807, 2.05) is 13.8 Å². The molecule has 1 saturated heterocycles. The zero-order valence-corrected chi connectivity index (χ0v) is 13.4. The second-order valence-corrected chi connectivity index (χ2v) is 7.54. The molecule has 2 N–H and O–H groups in total. The Morgan fingerprint density at radius 2 is 2.14 bits per heavy atom. The lowest BCUT2D eigenvalue weighted by atomic mass is 10.1.